The van der Waals surface area contributed by atoms with Crippen molar-refractivity contribution in [3.8, 4) is 0 Å². The molecule has 0 aliphatic carbocycles. The summed E-state index contributed by atoms with van der Waals surface area (Å²) in [5.74, 6) is 0.255. The summed E-state index contributed by atoms with van der Waals surface area (Å²) >= 11 is 0. The Morgan fingerprint density at radius 2 is 1.95 bits per heavy atom. The highest BCUT2D eigenvalue weighted by atomic mass is 16.5. The van der Waals surface area contributed by atoms with Crippen molar-refractivity contribution in [1.82, 2.24) is 15.1 Å². The van der Waals surface area contributed by atoms with Crippen LogP contribution in [0.25, 0.3) is 0 Å². The zero-order chi connectivity index (χ0) is 14.5. The molecule has 2 aliphatic rings. The van der Waals surface area contributed by atoms with Crippen LogP contribution >= 0.6 is 0 Å². The quantitative estimate of drug-likeness (QED) is 0.772. The molecule has 0 aromatic heterocycles. The zero-order valence-corrected chi connectivity index (χ0v) is 12.4. The Bertz CT molecular complexity index is 354. The summed E-state index contributed by atoms with van der Waals surface area (Å²) in [6.45, 7) is 6.12. The highest BCUT2D eigenvalue weighted by Gasteiger charge is 2.33. The van der Waals surface area contributed by atoms with E-state index in [2.05, 4.69) is 10.2 Å². The topological polar surface area (TPSA) is 61.9 Å². The molecular weight excluding hydrogens is 258 g/mol. The summed E-state index contributed by atoms with van der Waals surface area (Å²) in [4.78, 5) is 27.8. The van der Waals surface area contributed by atoms with Crippen molar-refractivity contribution in [2.45, 2.75) is 25.9 Å². The number of rotatable bonds is 3. The van der Waals surface area contributed by atoms with Gasteiger partial charge >= 0.3 is 0 Å². The summed E-state index contributed by atoms with van der Waals surface area (Å²) in [7, 11) is 1.65. The molecule has 0 radical (unpaired) electrons. The molecule has 2 amide bonds. The third kappa shape index (κ3) is 3.70. The van der Waals surface area contributed by atoms with Gasteiger partial charge in [-0.25, -0.2) is 0 Å². The van der Waals surface area contributed by atoms with Gasteiger partial charge in [0.2, 0.25) is 11.8 Å². The Balaban J connectivity index is 1.80. The first kappa shape index (κ1) is 15.3. The maximum atomic E-state index is 12.5. The van der Waals surface area contributed by atoms with Crippen LogP contribution in [0, 0.1) is 5.92 Å². The minimum Gasteiger partial charge on any atom is -0.378 e. The van der Waals surface area contributed by atoms with Gasteiger partial charge in [0.1, 0.15) is 0 Å². The van der Waals surface area contributed by atoms with Gasteiger partial charge in [-0.05, 0) is 19.8 Å². The first-order chi connectivity index (χ1) is 9.61. The lowest BCUT2D eigenvalue weighted by Gasteiger charge is -2.38. The minimum absolute atomic E-state index is 0.00856. The van der Waals surface area contributed by atoms with E-state index in [0.29, 0.717) is 19.6 Å². The predicted octanol–water partition coefficient (Wildman–Crippen LogP) is -0.308. The Kier molecular flexibility index (Phi) is 5.37. The molecule has 2 atom stereocenters. The van der Waals surface area contributed by atoms with E-state index in [0.717, 1.165) is 32.5 Å². The molecular formula is C14H25N3O3. The second kappa shape index (κ2) is 7.04. The number of nitrogens with zero attached hydrogens (tertiary/aromatic N) is 2. The standard InChI is InChI=1S/C14H25N3O3/c1-11-12(4-3-9-20-11)14(19)17-7-5-16(6-8-17)10-13(18)15-2/h11-12H,3-10H2,1-2H3,(H,15,18). The van der Waals surface area contributed by atoms with E-state index in [1.54, 1.807) is 7.05 Å². The van der Waals surface area contributed by atoms with E-state index >= 15 is 0 Å². The van der Waals surface area contributed by atoms with Gasteiger partial charge in [-0.1, -0.05) is 0 Å². The van der Waals surface area contributed by atoms with Gasteiger partial charge in [0, 0.05) is 39.8 Å². The predicted molar refractivity (Wildman–Crippen MR) is 75.2 cm³/mol. The molecule has 0 saturated carbocycles. The summed E-state index contributed by atoms with van der Waals surface area (Å²) in [6.07, 6.45) is 1.93. The van der Waals surface area contributed by atoms with Gasteiger partial charge in [-0.3, -0.25) is 14.5 Å². The monoisotopic (exact) mass is 283 g/mol. The van der Waals surface area contributed by atoms with Crippen molar-refractivity contribution < 1.29 is 14.3 Å². The Morgan fingerprint density at radius 1 is 1.25 bits per heavy atom. The number of ether oxygens (including phenoxy) is 1. The van der Waals surface area contributed by atoms with Crippen LogP contribution in [0.5, 0.6) is 0 Å². The molecule has 0 aromatic rings. The normalized spacial score (nSPS) is 28.2. The lowest BCUT2D eigenvalue weighted by atomic mass is 9.93. The van der Waals surface area contributed by atoms with Gasteiger partial charge in [0.05, 0.1) is 18.6 Å². The van der Waals surface area contributed by atoms with Gasteiger partial charge in [-0.15, -0.1) is 0 Å². The van der Waals surface area contributed by atoms with Crippen LogP contribution in [-0.2, 0) is 14.3 Å². The van der Waals surface area contributed by atoms with Crippen molar-refractivity contribution in [2.75, 3.05) is 46.4 Å². The molecule has 2 heterocycles. The third-order valence-corrected chi connectivity index (χ3v) is 4.25. The highest BCUT2D eigenvalue weighted by Crippen LogP contribution is 2.23. The van der Waals surface area contributed by atoms with E-state index in [1.807, 2.05) is 11.8 Å². The molecule has 6 nitrogen and oxygen atoms in total. The lowest BCUT2D eigenvalue weighted by molar-refractivity contribution is -0.145. The fourth-order valence-corrected chi connectivity index (χ4v) is 2.89. The van der Waals surface area contributed by atoms with Gasteiger partial charge in [0.25, 0.3) is 0 Å². The smallest absolute Gasteiger partial charge is 0.233 e. The Hall–Kier alpha value is -1.14. The second-order valence-corrected chi connectivity index (χ2v) is 5.60. The van der Waals surface area contributed by atoms with Crippen LogP contribution in [0.15, 0.2) is 0 Å². The van der Waals surface area contributed by atoms with Gasteiger partial charge in [-0.2, -0.15) is 0 Å². The summed E-state index contributed by atoms with van der Waals surface area (Å²) in [5.41, 5.74) is 0. The van der Waals surface area contributed by atoms with Crippen molar-refractivity contribution in [3.63, 3.8) is 0 Å². The van der Waals surface area contributed by atoms with Crippen LogP contribution < -0.4 is 5.32 Å². The fourth-order valence-electron chi connectivity index (χ4n) is 2.89. The number of hydrogen-bond donors (Lipinski definition) is 1. The number of carbonyl (C=O) groups excluding carboxylic acids is 2. The second-order valence-electron chi connectivity index (χ2n) is 5.60. The molecule has 114 valence electrons. The largest absolute Gasteiger partial charge is 0.378 e. The Labute approximate surface area is 120 Å². The molecule has 2 saturated heterocycles. The van der Waals surface area contributed by atoms with E-state index in [9.17, 15) is 9.59 Å². The fraction of sp³-hybridized carbons (Fsp3) is 0.857. The van der Waals surface area contributed by atoms with Crippen molar-refractivity contribution in [1.29, 1.82) is 0 Å². The molecule has 6 heteroatoms. The van der Waals surface area contributed by atoms with Crippen molar-refractivity contribution >= 4 is 11.8 Å². The zero-order valence-electron chi connectivity index (χ0n) is 12.4. The van der Waals surface area contributed by atoms with Crippen LogP contribution in [0.2, 0.25) is 0 Å². The number of likely N-dealkylation sites (N-methyl/N-ethyl adjacent to an activating group) is 1. The SMILES string of the molecule is CNC(=O)CN1CCN(C(=O)C2CCCOC2C)CC1. The molecule has 2 rings (SSSR count). The summed E-state index contributed by atoms with van der Waals surface area (Å²) < 4.78 is 5.58. The minimum atomic E-state index is 0.00856. The third-order valence-electron chi connectivity index (χ3n) is 4.25. The summed E-state index contributed by atoms with van der Waals surface area (Å²) in [5, 5.41) is 2.63. The molecule has 2 unspecified atom stereocenters. The first-order valence-corrected chi connectivity index (χ1v) is 7.45. The average molecular weight is 283 g/mol. The van der Waals surface area contributed by atoms with Gasteiger partial charge < -0.3 is 15.0 Å². The highest BCUT2D eigenvalue weighted by molar-refractivity contribution is 5.80. The number of nitrogens with one attached hydrogen (secondary N) is 1. The lowest BCUT2D eigenvalue weighted by Crippen LogP contribution is -2.53. The van der Waals surface area contributed by atoms with E-state index in [-0.39, 0.29) is 23.8 Å². The maximum absolute atomic E-state index is 12.5. The molecule has 1 N–H and O–H groups in total. The van der Waals surface area contributed by atoms with Gasteiger partial charge in [0.15, 0.2) is 0 Å². The first-order valence-electron chi connectivity index (χ1n) is 7.45. The number of piperazine rings is 1. The van der Waals surface area contributed by atoms with Crippen molar-refractivity contribution in [3.05, 3.63) is 0 Å². The molecule has 0 bridgehead atoms. The average Bonchev–Trinajstić information content (AvgIpc) is 2.47. The van der Waals surface area contributed by atoms with Crippen LogP contribution in [0.3, 0.4) is 0 Å². The molecule has 0 aromatic carbocycles. The van der Waals surface area contributed by atoms with Crippen LogP contribution in [0.4, 0.5) is 0 Å². The molecule has 0 spiro atoms. The van der Waals surface area contributed by atoms with E-state index < -0.39 is 0 Å². The molecule has 2 aliphatic heterocycles. The van der Waals surface area contributed by atoms with Crippen LogP contribution in [0.1, 0.15) is 19.8 Å². The summed E-state index contributed by atoms with van der Waals surface area (Å²) in [6, 6.07) is 0. The van der Waals surface area contributed by atoms with E-state index in [1.165, 1.54) is 0 Å². The number of carbonyl (C=O) groups is 2. The van der Waals surface area contributed by atoms with Crippen molar-refractivity contribution in [2.24, 2.45) is 5.92 Å². The van der Waals surface area contributed by atoms with E-state index in [4.69, 9.17) is 4.74 Å². The maximum Gasteiger partial charge on any atom is 0.233 e. The van der Waals surface area contributed by atoms with Crippen LogP contribution in [-0.4, -0.2) is 74.1 Å². The number of amides is 2. The molecule has 2 fully saturated rings. The molecule has 20 heavy (non-hydrogen) atoms. The number of hydrogen-bond acceptors (Lipinski definition) is 4. The Morgan fingerprint density at radius 3 is 2.55 bits per heavy atom.